The van der Waals surface area contributed by atoms with Crippen molar-refractivity contribution in [3.8, 4) is 27.5 Å². The van der Waals surface area contributed by atoms with Crippen LogP contribution in [0.3, 0.4) is 0 Å². The third-order valence-corrected chi connectivity index (χ3v) is 8.30. The first kappa shape index (κ1) is 25.6. The fourth-order valence-electron chi connectivity index (χ4n) is 4.70. The van der Waals surface area contributed by atoms with Crippen LogP contribution in [0.2, 0.25) is 0 Å². The maximum Gasteiger partial charge on any atom is 0.211 e. The van der Waals surface area contributed by atoms with Gasteiger partial charge >= 0.3 is 0 Å². The Morgan fingerprint density at radius 3 is 2.49 bits per heavy atom. The van der Waals surface area contributed by atoms with Crippen LogP contribution in [-0.2, 0) is 17.8 Å². The van der Waals surface area contributed by atoms with Crippen molar-refractivity contribution in [2.24, 2.45) is 5.14 Å². The van der Waals surface area contributed by atoms with E-state index in [2.05, 4.69) is 4.98 Å². The molecule has 1 aliphatic carbocycles. The molecule has 1 aliphatic rings. The van der Waals surface area contributed by atoms with Gasteiger partial charge in [-0.3, -0.25) is 4.79 Å². The second kappa shape index (κ2) is 10.5. The highest BCUT2D eigenvalue weighted by Gasteiger charge is 2.33. The highest BCUT2D eigenvalue weighted by Crippen LogP contribution is 2.45. The second-order valence-corrected chi connectivity index (χ2v) is 11.3. The van der Waals surface area contributed by atoms with Crippen molar-refractivity contribution in [1.82, 2.24) is 14.8 Å². The normalized spacial score (nSPS) is 13.9. The van der Waals surface area contributed by atoms with Crippen molar-refractivity contribution in [3.63, 3.8) is 0 Å². The highest BCUT2D eigenvalue weighted by atomic mass is 32.2. The SMILES string of the molecule is N[S+]([O-])c1ccc(Cc2c(C3CC3)nn(-c3nc(C=O)cs3)c2-c2cccc(-c3ccc(F)cc3)c2)cc1F. The summed E-state index contributed by atoms with van der Waals surface area (Å²) in [5, 5.41) is 12.6. The number of thiazole rings is 1. The molecule has 6 rings (SSSR count). The Balaban J connectivity index is 1.53. The van der Waals surface area contributed by atoms with E-state index in [1.807, 2.05) is 24.3 Å². The van der Waals surface area contributed by atoms with E-state index in [9.17, 15) is 18.1 Å². The molecule has 2 aromatic heterocycles. The Bertz CT molecular complexity index is 1680. The van der Waals surface area contributed by atoms with Crippen molar-refractivity contribution < 1.29 is 18.1 Å². The van der Waals surface area contributed by atoms with Gasteiger partial charge in [-0.2, -0.15) is 5.10 Å². The van der Waals surface area contributed by atoms with Crippen LogP contribution in [0.15, 0.2) is 77.0 Å². The molecule has 39 heavy (non-hydrogen) atoms. The van der Waals surface area contributed by atoms with Gasteiger partial charge in [-0.15, -0.1) is 16.5 Å². The van der Waals surface area contributed by atoms with Gasteiger partial charge in [0.25, 0.3) is 0 Å². The molecule has 1 atom stereocenters. The van der Waals surface area contributed by atoms with Crippen LogP contribution in [0, 0.1) is 11.6 Å². The average Bonchev–Trinajstić information content (AvgIpc) is 3.54. The van der Waals surface area contributed by atoms with Crippen LogP contribution in [0.25, 0.3) is 27.5 Å². The van der Waals surface area contributed by atoms with E-state index in [0.717, 1.165) is 46.5 Å². The van der Waals surface area contributed by atoms with Crippen LogP contribution in [0.5, 0.6) is 0 Å². The summed E-state index contributed by atoms with van der Waals surface area (Å²) < 4.78 is 41.7. The molecule has 10 heteroatoms. The number of benzene rings is 3. The van der Waals surface area contributed by atoms with Crippen molar-refractivity contribution >= 4 is 29.0 Å². The number of aromatic nitrogens is 3. The van der Waals surface area contributed by atoms with E-state index >= 15 is 0 Å². The zero-order valence-corrected chi connectivity index (χ0v) is 22.1. The zero-order chi connectivity index (χ0) is 27.1. The standard InChI is InChI=1S/C29H22F2N4O2S2/c30-22-9-7-18(8-10-22)20-2-1-3-21(14-20)28-24(12-17-4-11-26(39(32)37)25(31)13-17)27(19-5-6-19)34-35(28)29-33-23(15-36)16-38-29/h1-4,7-11,13-16,19H,5-6,12,32H2. The summed E-state index contributed by atoms with van der Waals surface area (Å²) in [6.07, 6.45) is 3.07. The third-order valence-electron chi connectivity index (χ3n) is 6.70. The summed E-state index contributed by atoms with van der Waals surface area (Å²) in [5.41, 5.74) is 6.24. The molecule has 0 amide bonds. The van der Waals surface area contributed by atoms with E-state index in [1.165, 1.54) is 35.6 Å². The van der Waals surface area contributed by atoms with Crippen LogP contribution in [0.1, 0.15) is 46.1 Å². The van der Waals surface area contributed by atoms with Gasteiger partial charge in [0.15, 0.2) is 12.1 Å². The van der Waals surface area contributed by atoms with E-state index in [-0.39, 0.29) is 16.6 Å². The van der Waals surface area contributed by atoms with Gasteiger partial charge in [-0.25, -0.2) is 18.4 Å². The number of hydrogen-bond donors (Lipinski definition) is 1. The van der Waals surface area contributed by atoms with Crippen LogP contribution in [-0.4, -0.2) is 25.6 Å². The van der Waals surface area contributed by atoms with E-state index in [1.54, 1.807) is 28.3 Å². The summed E-state index contributed by atoms with van der Waals surface area (Å²) in [5.74, 6) is -0.661. The number of nitrogens with zero attached hydrogens (tertiary/aromatic N) is 3. The fraction of sp³-hybridized carbons (Fsp3) is 0.138. The number of rotatable bonds is 8. The molecule has 196 valence electrons. The molecule has 0 radical (unpaired) electrons. The predicted molar refractivity (Wildman–Crippen MR) is 147 cm³/mol. The quantitative estimate of drug-likeness (QED) is 0.180. The van der Waals surface area contributed by atoms with Crippen LogP contribution < -0.4 is 5.14 Å². The molecule has 0 bridgehead atoms. The molecule has 2 heterocycles. The Morgan fingerprint density at radius 2 is 1.82 bits per heavy atom. The van der Waals surface area contributed by atoms with Gasteiger partial charge in [-0.05, 0) is 59.9 Å². The number of carbonyl (C=O) groups is 1. The summed E-state index contributed by atoms with van der Waals surface area (Å²) in [7, 11) is 0. The summed E-state index contributed by atoms with van der Waals surface area (Å²) in [4.78, 5) is 15.8. The predicted octanol–water partition coefficient (Wildman–Crippen LogP) is 6.20. The first-order valence-corrected chi connectivity index (χ1v) is 14.3. The average molecular weight is 561 g/mol. The lowest BCUT2D eigenvalue weighted by Crippen LogP contribution is -2.14. The Hall–Kier alpha value is -3.70. The van der Waals surface area contributed by atoms with E-state index in [0.29, 0.717) is 29.1 Å². The first-order chi connectivity index (χ1) is 18.9. The maximum atomic E-state index is 14.7. The monoisotopic (exact) mass is 560 g/mol. The molecule has 6 nitrogen and oxygen atoms in total. The number of nitrogens with two attached hydrogens (primary N) is 1. The molecule has 0 spiro atoms. The van der Waals surface area contributed by atoms with Crippen LogP contribution >= 0.6 is 11.3 Å². The second-order valence-electron chi connectivity index (χ2n) is 9.40. The Kier molecular flexibility index (Phi) is 6.86. The minimum atomic E-state index is -1.92. The largest absolute Gasteiger partial charge is 0.593 e. The van der Waals surface area contributed by atoms with Gasteiger partial charge in [-0.1, -0.05) is 36.4 Å². The van der Waals surface area contributed by atoms with Gasteiger partial charge in [0, 0.05) is 28.8 Å². The molecule has 3 aromatic carbocycles. The molecular weight excluding hydrogens is 538 g/mol. The zero-order valence-electron chi connectivity index (χ0n) is 20.5. The minimum absolute atomic E-state index is 0.0479. The first-order valence-electron chi connectivity index (χ1n) is 12.2. The van der Waals surface area contributed by atoms with Gasteiger partial charge in [0.05, 0.1) is 22.7 Å². The lowest BCUT2D eigenvalue weighted by Gasteiger charge is -2.12. The van der Waals surface area contributed by atoms with E-state index in [4.69, 9.17) is 10.2 Å². The smallest absolute Gasteiger partial charge is 0.211 e. The van der Waals surface area contributed by atoms with Crippen LogP contribution in [0.4, 0.5) is 8.78 Å². The number of halogens is 2. The number of carbonyl (C=O) groups excluding carboxylic acids is 1. The molecule has 0 aliphatic heterocycles. The minimum Gasteiger partial charge on any atom is -0.593 e. The van der Waals surface area contributed by atoms with Gasteiger partial charge in [0.2, 0.25) is 10.0 Å². The fourth-order valence-corrected chi connectivity index (χ4v) is 5.88. The summed E-state index contributed by atoms with van der Waals surface area (Å²) >= 11 is -0.608. The molecule has 2 N–H and O–H groups in total. The molecular formula is C29H22F2N4O2S2. The van der Waals surface area contributed by atoms with Crippen molar-refractivity contribution in [1.29, 1.82) is 0 Å². The van der Waals surface area contributed by atoms with E-state index < -0.39 is 17.2 Å². The highest BCUT2D eigenvalue weighted by molar-refractivity contribution is 7.89. The van der Waals surface area contributed by atoms with Gasteiger partial charge < -0.3 is 4.55 Å². The lowest BCUT2D eigenvalue weighted by atomic mass is 9.95. The third kappa shape index (κ3) is 5.16. The summed E-state index contributed by atoms with van der Waals surface area (Å²) in [6.45, 7) is 0. The Labute approximate surface area is 230 Å². The maximum absolute atomic E-state index is 14.7. The Morgan fingerprint density at radius 1 is 1.05 bits per heavy atom. The topological polar surface area (TPSA) is 96.9 Å². The van der Waals surface area contributed by atoms with Gasteiger partial charge in [0.1, 0.15) is 11.5 Å². The van der Waals surface area contributed by atoms with Crippen molar-refractivity contribution in [2.75, 3.05) is 0 Å². The molecule has 5 aromatic rings. The number of aldehydes is 1. The molecule has 1 fully saturated rings. The summed E-state index contributed by atoms with van der Waals surface area (Å²) in [6, 6.07) is 18.7. The lowest BCUT2D eigenvalue weighted by molar-refractivity contribution is 0.111. The van der Waals surface area contributed by atoms with Crippen molar-refractivity contribution in [2.45, 2.75) is 30.1 Å². The number of hydrogen-bond acceptors (Lipinski definition) is 6. The molecule has 0 saturated heterocycles. The van der Waals surface area contributed by atoms with Crippen molar-refractivity contribution in [3.05, 3.63) is 106 Å². The molecule has 1 saturated carbocycles. The molecule has 1 unspecified atom stereocenters.